The molecule has 0 spiro atoms. The van der Waals surface area contributed by atoms with Crippen molar-refractivity contribution in [1.29, 1.82) is 0 Å². The summed E-state index contributed by atoms with van der Waals surface area (Å²) in [7, 11) is 0. The van der Waals surface area contributed by atoms with Gasteiger partial charge in [-0.05, 0) is 25.2 Å². The van der Waals surface area contributed by atoms with E-state index < -0.39 is 6.10 Å². The van der Waals surface area contributed by atoms with Gasteiger partial charge in [-0.3, -0.25) is 4.79 Å². The molecule has 3 aliphatic rings. The van der Waals surface area contributed by atoms with Gasteiger partial charge in [-0.25, -0.2) is 0 Å². The van der Waals surface area contributed by atoms with Gasteiger partial charge >= 0.3 is 5.97 Å². The lowest BCUT2D eigenvalue weighted by molar-refractivity contribution is -0.145. The molecule has 1 unspecified atom stereocenters. The first-order chi connectivity index (χ1) is 8.50. The van der Waals surface area contributed by atoms with E-state index in [0.717, 1.165) is 24.0 Å². The monoisotopic (exact) mass is 248 g/mol. The van der Waals surface area contributed by atoms with Gasteiger partial charge < -0.3 is 9.84 Å². The van der Waals surface area contributed by atoms with E-state index in [1.54, 1.807) is 0 Å². The van der Waals surface area contributed by atoms with Gasteiger partial charge in [0.05, 0.1) is 12.0 Å². The third-order valence-corrected chi connectivity index (χ3v) is 5.06. The molecule has 3 nitrogen and oxygen atoms in total. The molecule has 18 heavy (non-hydrogen) atoms. The zero-order valence-corrected chi connectivity index (χ0v) is 10.8. The van der Waals surface area contributed by atoms with Crippen molar-refractivity contribution in [3.63, 3.8) is 0 Å². The largest absolute Gasteiger partial charge is 0.461 e. The van der Waals surface area contributed by atoms with Crippen LogP contribution in [0.5, 0.6) is 0 Å². The molecule has 0 aromatic rings. The smallest absolute Gasteiger partial charge is 0.309 e. The number of aliphatic hydroxyl groups excluding tert-OH is 1. The number of rotatable bonds is 0. The van der Waals surface area contributed by atoms with Gasteiger partial charge in [0.2, 0.25) is 0 Å². The fourth-order valence-corrected chi connectivity index (χ4v) is 4.07. The highest BCUT2D eigenvalue weighted by Crippen LogP contribution is 2.52. The summed E-state index contributed by atoms with van der Waals surface area (Å²) in [5.41, 5.74) is 2.26. The molecule has 1 N–H and O–H groups in total. The summed E-state index contributed by atoms with van der Waals surface area (Å²) in [5, 5.41) is 10.3. The second-order valence-corrected chi connectivity index (χ2v) is 6.03. The maximum atomic E-state index is 11.8. The van der Waals surface area contributed by atoms with E-state index in [-0.39, 0.29) is 29.8 Å². The Morgan fingerprint density at radius 3 is 2.78 bits per heavy atom. The quantitative estimate of drug-likeness (QED) is 0.527. The van der Waals surface area contributed by atoms with E-state index in [0.29, 0.717) is 12.3 Å². The summed E-state index contributed by atoms with van der Waals surface area (Å²) in [6.45, 7) is 10.1. The van der Waals surface area contributed by atoms with Crippen LogP contribution in [0.15, 0.2) is 24.3 Å². The molecule has 0 aromatic heterocycles. The lowest BCUT2D eigenvalue weighted by Gasteiger charge is -2.27. The van der Waals surface area contributed by atoms with Gasteiger partial charge in [0.15, 0.2) is 0 Å². The first-order valence-electron chi connectivity index (χ1n) is 6.74. The molecule has 3 heteroatoms. The molecule has 3 fully saturated rings. The topological polar surface area (TPSA) is 46.5 Å². The molecule has 2 saturated carbocycles. The van der Waals surface area contributed by atoms with Crippen LogP contribution in [-0.2, 0) is 9.53 Å². The van der Waals surface area contributed by atoms with Gasteiger partial charge in [0.25, 0.3) is 0 Å². The Kier molecular flexibility index (Phi) is 2.63. The van der Waals surface area contributed by atoms with Crippen LogP contribution >= 0.6 is 0 Å². The number of aliphatic hydroxyl groups is 1. The lowest BCUT2D eigenvalue weighted by atomic mass is 9.79. The van der Waals surface area contributed by atoms with Crippen molar-refractivity contribution in [2.75, 3.05) is 0 Å². The second kappa shape index (κ2) is 3.95. The van der Waals surface area contributed by atoms with Gasteiger partial charge in [-0.15, -0.1) is 0 Å². The minimum atomic E-state index is -0.512. The Balaban J connectivity index is 2.02. The van der Waals surface area contributed by atoms with Crippen molar-refractivity contribution >= 4 is 5.97 Å². The molecule has 1 heterocycles. The highest BCUT2D eigenvalue weighted by Gasteiger charge is 2.54. The molecular weight excluding hydrogens is 228 g/mol. The number of hydrogen-bond acceptors (Lipinski definition) is 3. The lowest BCUT2D eigenvalue weighted by Crippen LogP contribution is -2.35. The molecule has 2 aliphatic carbocycles. The number of hydrogen-bond donors (Lipinski definition) is 1. The average molecular weight is 248 g/mol. The minimum Gasteiger partial charge on any atom is -0.461 e. The molecule has 6 atom stereocenters. The number of ether oxygens (including phenoxy) is 1. The van der Waals surface area contributed by atoms with Gasteiger partial charge in [0.1, 0.15) is 6.10 Å². The van der Waals surface area contributed by atoms with Crippen LogP contribution in [0, 0.1) is 23.7 Å². The highest BCUT2D eigenvalue weighted by atomic mass is 16.6. The van der Waals surface area contributed by atoms with Gasteiger partial charge in [0, 0.05) is 11.8 Å². The maximum Gasteiger partial charge on any atom is 0.309 e. The summed E-state index contributed by atoms with van der Waals surface area (Å²) < 4.78 is 5.56. The molecule has 1 aliphatic heterocycles. The second-order valence-electron chi connectivity index (χ2n) is 6.03. The summed E-state index contributed by atoms with van der Waals surface area (Å²) >= 11 is 0. The highest BCUT2D eigenvalue weighted by molar-refractivity contribution is 5.75. The Morgan fingerprint density at radius 1 is 1.33 bits per heavy atom. The fourth-order valence-electron chi connectivity index (χ4n) is 4.07. The third kappa shape index (κ3) is 1.50. The van der Waals surface area contributed by atoms with Crippen LogP contribution in [0.4, 0.5) is 0 Å². The normalized spacial score (nSPS) is 47.6. The predicted molar refractivity (Wildman–Crippen MR) is 67.7 cm³/mol. The SMILES string of the molecule is C=C1CC[C@H]2C(=C)C[C@H](O)C3[C@H](C)C(=O)O[C@@H]3[C@@H]12. The summed E-state index contributed by atoms with van der Waals surface area (Å²) in [6, 6.07) is 0. The summed E-state index contributed by atoms with van der Waals surface area (Å²) in [6.07, 6.45) is 1.91. The minimum absolute atomic E-state index is 0.0981. The molecule has 0 bridgehead atoms. The number of carbonyl (C=O) groups excluding carboxylic acids is 1. The van der Waals surface area contributed by atoms with Crippen LogP contribution in [0.25, 0.3) is 0 Å². The van der Waals surface area contributed by atoms with Gasteiger partial charge in [-0.2, -0.15) is 0 Å². The first-order valence-corrected chi connectivity index (χ1v) is 6.74. The van der Waals surface area contributed by atoms with Crippen LogP contribution < -0.4 is 0 Å². The zero-order chi connectivity index (χ0) is 13.0. The van der Waals surface area contributed by atoms with Crippen LogP contribution in [0.3, 0.4) is 0 Å². The van der Waals surface area contributed by atoms with E-state index in [2.05, 4.69) is 13.2 Å². The van der Waals surface area contributed by atoms with Crippen molar-refractivity contribution in [2.24, 2.45) is 23.7 Å². The average Bonchev–Trinajstić information content (AvgIpc) is 2.77. The Labute approximate surface area is 108 Å². The number of fused-ring (bicyclic) bond motifs is 3. The van der Waals surface area contributed by atoms with Gasteiger partial charge in [-0.1, -0.05) is 31.2 Å². The number of esters is 1. The van der Waals surface area contributed by atoms with Crippen molar-refractivity contribution in [1.82, 2.24) is 0 Å². The molecule has 98 valence electrons. The molecule has 0 aromatic carbocycles. The molecule has 1 saturated heterocycles. The maximum absolute atomic E-state index is 11.8. The summed E-state index contributed by atoms with van der Waals surface area (Å²) in [4.78, 5) is 11.8. The fraction of sp³-hybridized carbons (Fsp3) is 0.667. The van der Waals surface area contributed by atoms with E-state index in [1.165, 1.54) is 0 Å². The third-order valence-electron chi connectivity index (χ3n) is 5.06. The van der Waals surface area contributed by atoms with Crippen LogP contribution in [0.2, 0.25) is 0 Å². The molecular formula is C15H20O3. The van der Waals surface area contributed by atoms with E-state index in [1.807, 2.05) is 6.92 Å². The Bertz CT molecular complexity index is 425. The van der Waals surface area contributed by atoms with Crippen LogP contribution in [0.1, 0.15) is 26.2 Å². The Morgan fingerprint density at radius 2 is 2.06 bits per heavy atom. The van der Waals surface area contributed by atoms with Crippen molar-refractivity contribution in [3.05, 3.63) is 24.3 Å². The van der Waals surface area contributed by atoms with Crippen molar-refractivity contribution in [2.45, 2.75) is 38.4 Å². The number of carbonyl (C=O) groups is 1. The zero-order valence-electron chi connectivity index (χ0n) is 10.8. The van der Waals surface area contributed by atoms with Crippen molar-refractivity contribution in [3.8, 4) is 0 Å². The molecule has 0 amide bonds. The van der Waals surface area contributed by atoms with E-state index >= 15 is 0 Å². The first kappa shape index (κ1) is 12.0. The predicted octanol–water partition coefficient (Wildman–Crippen LogP) is 2.07. The summed E-state index contributed by atoms with van der Waals surface area (Å²) in [5.74, 6) is 0.0212. The van der Waals surface area contributed by atoms with Crippen molar-refractivity contribution < 1.29 is 14.6 Å². The molecule has 3 rings (SSSR count). The van der Waals surface area contributed by atoms with E-state index in [4.69, 9.17) is 4.74 Å². The standard InChI is InChI=1S/C15H20O3/c1-7-4-5-10-8(2)6-11(16)13-9(3)15(17)18-14(13)12(7)10/h9-14,16H,1-2,4-6H2,3H3/t9-,10-,11-,12-,13?,14+/m0/s1. The van der Waals surface area contributed by atoms with Crippen LogP contribution in [-0.4, -0.2) is 23.3 Å². The molecule has 0 radical (unpaired) electrons. The Hall–Kier alpha value is -1.09. The van der Waals surface area contributed by atoms with E-state index in [9.17, 15) is 9.90 Å².